The predicted octanol–water partition coefficient (Wildman–Crippen LogP) is 6.13. The molecule has 0 radical (unpaired) electrons. The molecule has 0 bridgehead atoms. The lowest BCUT2D eigenvalue weighted by atomic mass is 9.86. The summed E-state index contributed by atoms with van der Waals surface area (Å²) in [4.78, 5) is 31.9. The third kappa shape index (κ3) is 4.01. The molecule has 4 aromatic rings. The monoisotopic (exact) mass is 482 g/mol. The second-order valence-corrected chi connectivity index (χ2v) is 10.6. The number of benzene rings is 3. The van der Waals surface area contributed by atoms with Crippen LogP contribution in [0.4, 0.5) is 0 Å². The fourth-order valence-electron chi connectivity index (χ4n) is 5.28. The first-order chi connectivity index (χ1) is 17.2. The Kier molecular flexibility index (Phi) is 6.21. The molecular weight excluding hydrogens is 448 g/mol. The summed E-state index contributed by atoms with van der Waals surface area (Å²) in [5, 5.41) is 2.34. The molecule has 186 valence electrons. The van der Waals surface area contributed by atoms with E-state index in [0.717, 1.165) is 36.0 Å². The van der Waals surface area contributed by atoms with E-state index in [1.165, 1.54) is 5.56 Å². The number of hydrogen-bond donors (Lipinski definition) is 0. The molecule has 0 saturated carbocycles. The summed E-state index contributed by atoms with van der Waals surface area (Å²) in [6.07, 6.45) is 0. The van der Waals surface area contributed by atoms with E-state index < -0.39 is 6.04 Å². The molecule has 5 nitrogen and oxygen atoms in total. The summed E-state index contributed by atoms with van der Waals surface area (Å²) >= 11 is 0. The van der Waals surface area contributed by atoms with Gasteiger partial charge in [-0.1, -0.05) is 89.2 Å². The minimum Gasteiger partial charge on any atom is -0.450 e. The van der Waals surface area contributed by atoms with Crippen molar-refractivity contribution in [2.24, 2.45) is 0 Å². The quantitative estimate of drug-likeness (QED) is 0.310. The topological polar surface area (TPSA) is 53.8 Å². The zero-order chi connectivity index (χ0) is 25.6. The molecule has 0 saturated heterocycles. The van der Waals surface area contributed by atoms with Gasteiger partial charge in [-0.05, 0) is 41.1 Å². The molecule has 5 heteroatoms. The third-order valence-electron chi connectivity index (χ3n) is 7.50. The average Bonchev–Trinajstić information content (AvgIpc) is 3.16. The van der Waals surface area contributed by atoms with E-state index in [4.69, 9.17) is 4.42 Å². The summed E-state index contributed by atoms with van der Waals surface area (Å²) in [5.41, 5.74) is 2.97. The summed E-state index contributed by atoms with van der Waals surface area (Å²) in [6, 6.07) is 19.4. The predicted molar refractivity (Wildman–Crippen MR) is 146 cm³/mol. The Morgan fingerprint density at radius 2 is 1.58 bits per heavy atom. The van der Waals surface area contributed by atoms with Gasteiger partial charge in [0.05, 0.1) is 17.0 Å². The van der Waals surface area contributed by atoms with Crippen molar-refractivity contribution in [2.75, 3.05) is 26.2 Å². The van der Waals surface area contributed by atoms with E-state index in [0.29, 0.717) is 23.1 Å². The van der Waals surface area contributed by atoms with Crippen molar-refractivity contribution in [3.63, 3.8) is 0 Å². The highest BCUT2D eigenvalue weighted by Gasteiger charge is 2.42. The molecular formula is C31H34N2O3. The maximum Gasteiger partial charge on any atom is 0.290 e. The van der Waals surface area contributed by atoms with Crippen molar-refractivity contribution in [3.8, 4) is 0 Å². The summed E-state index contributed by atoms with van der Waals surface area (Å²) in [5.74, 6) is -0.0395. The summed E-state index contributed by atoms with van der Waals surface area (Å²) in [6.45, 7) is 13.8. The van der Waals surface area contributed by atoms with Gasteiger partial charge in [0.1, 0.15) is 5.58 Å². The normalized spacial score (nSPS) is 15.9. The van der Waals surface area contributed by atoms with Crippen LogP contribution >= 0.6 is 0 Å². The van der Waals surface area contributed by atoms with Crippen molar-refractivity contribution in [1.29, 1.82) is 0 Å². The Balaban J connectivity index is 1.69. The van der Waals surface area contributed by atoms with Crippen LogP contribution < -0.4 is 5.43 Å². The number of fused-ring (bicyclic) bond motifs is 4. The van der Waals surface area contributed by atoms with Crippen LogP contribution in [0.15, 0.2) is 69.9 Å². The van der Waals surface area contributed by atoms with Crippen LogP contribution in [0, 0.1) is 0 Å². The molecule has 1 atom stereocenters. The second kappa shape index (κ2) is 9.21. The molecule has 0 aliphatic carbocycles. The van der Waals surface area contributed by atoms with Gasteiger partial charge in [-0.3, -0.25) is 9.59 Å². The van der Waals surface area contributed by atoms with Gasteiger partial charge in [0, 0.05) is 18.5 Å². The Labute approximate surface area is 212 Å². The SMILES string of the molecule is CCN(CC)CCN1C(=O)c2oc3c(ccc4ccccc43)c(=O)c2C1c1ccc(C(C)(C)C)cc1. The van der Waals surface area contributed by atoms with Crippen molar-refractivity contribution in [2.45, 2.75) is 46.1 Å². The Hall–Kier alpha value is -3.44. The van der Waals surface area contributed by atoms with Crippen LogP contribution in [0.3, 0.4) is 0 Å². The minimum atomic E-state index is -0.468. The molecule has 1 unspecified atom stereocenters. The molecule has 2 heterocycles. The first-order valence-corrected chi connectivity index (χ1v) is 12.9. The molecule has 1 amide bonds. The highest BCUT2D eigenvalue weighted by atomic mass is 16.3. The zero-order valence-electron chi connectivity index (χ0n) is 21.8. The van der Waals surface area contributed by atoms with E-state index in [1.807, 2.05) is 41.3 Å². The molecule has 3 aromatic carbocycles. The minimum absolute atomic E-state index is 0.0145. The van der Waals surface area contributed by atoms with E-state index >= 15 is 0 Å². The van der Waals surface area contributed by atoms with E-state index in [1.54, 1.807) is 0 Å². The number of likely N-dealkylation sites (N-methyl/N-ethyl adjacent to an activating group) is 1. The number of carbonyl (C=O) groups is 1. The van der Waals surface area contributed by atoms with Crippen molar-refractivity contribution >= 4 is 27.6 Å². The molecule has 1 aliphatic heterocycles. The van der Waals surface area contributed by atoms with Gasteiger partial charge in [-0.2, -0.15) is 0 Å². The zero-order valence-corrected chi connectivity index (χ0v) is 21.8. The van der Waals surface area contributed by atoms with Crippen LogP contribution in [-0.2, 0) is 5.41 Å². The second-order valence-electron chi connectivity index (χ2n) is 10.6. The molecule has 36 heavy (non-hydrogen) atoms. The molecule has 0 N–H and O–H groups in total. The lowest BCUT2D eigenvalue weighted by Gasteiger charge is -2.28. The average molecular weight is 483 g/mol. The highest BCUT2D eigenvalue weighted by Crippen LogP contribution is 2.39. The van der Waals surface area contributed by atoms with Gasteiger partial charge >= 0.3 is 0 Å². The molecule has 0 fully saturated rings. The number of amides is 1. The van der Waals surface area contributed by atoms with Crippen LogP contribution in [0.25, 0.3) is 21.7 Å². The van der Waals surface area contributed by atoms with Gasteiger partial charge in [-0.25, -0.2) is 0 Å². The number of carbonyl (C=O) groups excluding carboxylic acids is 1. The van der Waals surface area contributed by atoms with Crippen molar-refractivity contribution in [1.82, 2.24) is 9.80 Å². The third-order valence-corrected chi connectivity index (χ3v) is 7.50. The first kappa shape index (κ1) is 24.3. The maximum atomic E-state index is 14.0. The lowest BCUT2D eigenvalue weighted by molar-refractivity contribution is 0.0708. The van der Waals surface area contributed by atoms with Crippen LogP contribution in [0.1, 0.15) is 67.9 Å². The molecule has 1 aromatic heterocycles. The molecule has 1 aliphatic rings. The molecule has 0 spiro atoms. The van der Waals surface area contributed by atoms with Gasteiger partial charge < -0.3 is 14.2 Å². The van der Waals surface area contributed by atoms with Gasteiger partial charge in [-0.15, -0.1) is 0 Å². The highest BCUT2D eigenvalue weighted by molar-refractivity contribution is 6.06. The van der Waals surface area contributed by atoms with Crippen molar-refractivity contribution < 1.29 is 9.21 Å². The first-order valence-electron chi connectivity index (χ1n) is 12.9. The van der Waals surface area contributed by atoms with Crippen LogP contribution in [0.2, 0.25) is 0 Å². The number of rotatable bonds is 6. The van der Waals surface area contributed by atoms with Gasteiger partial charge in [0.2, 0.25) is 5.76 Å². The van der Waals surface area contributed by atoms with E-state index in [-0.39, 0.29) is 22.5 Å². The van der Waals surface area contributed by atoms with Gasteiger partial charge in [0.25, 0.3) is 5.91 Å². The van der Waals surface area contributed by atoms with Crippen LogP contribution in [0.5, 0.6) is 0 Å². The Bertz CT molecular complexity index is 1490. The van der Waals surface area contributed by atoms with Crippen molar-refractivity contribution in [3.05, 3.63) is 93.3 Å². The van der Waals surface area contributed by atoms with E-state index in [9.17, 15) is 9.59 Å². The number of nitrogens with zero attached hydrogens (tertiary/aromatic N) is 2. The summed E-state index contributed by atoms with van der Waals surface area (Å²) < 4.78 is 6.33. The fourth-order valence-corrected chi connectivity index (χ4v) is 5.28. The van der Waals surface area contributed by atoms with Crippen LogP contribution in [-0.4, -0.2) is 41.9 Å². The smallest absolute Gasteiger partial charge is 0.290 e. The molecule has 5 rings (SSSR count). The Morgan fingerprint density at radius 3 is 2.25 bits per heavy atom. The largest absolute Gasteiger partial charge is 0.450 e. The lowest BCUT2D eigenvalue weighted by Crippen LogP contribution is -2.37. The number of hydrogen-bond acceptors (Lipinski definition) is 4. The fraction of sp³-hybridized carbons (Fsp3) is 0.355. The Morgan fingerprint density at radius 1 is 0.889 bits per heavy atom. The maximum absolute atomic E-state index is 14.0. The van der Waals surface area contributed by atoms with Gasteiger partial charge in [0.15, 0.2) is 5.43 Å². The standard InChI is InChI=1S/C31H34N2O3/c1-6-32(7-2)18-19-33-26(21-12-15-22(16-13-21)31(3,4)5)25-27(34)24-17-14-20-10-8-9-11-23(20)28(24)36-29(25)30(33)35/h8-17,26H,6-7,18-19H2,1-5H3. The van der Waals surface area contributed by atoms with E-state index in [2.05, 4.69) is 63.8 Å². The summed E-state index contributed by atoms with van der Waals surface area (Å²) in [7, 11) is 0.